The SMILES string of the molecule is [B]O[Si](C)(C)OC. The van der Waals surface area contributed by atoms with Crippen LogP contribution in [-0.4, -0.2) is 23.7 Å². The van der Waals surface area contributed by atoms with Crippen LogP contribution in [0.1, 0.15) is 0 Å². The van der Waals surface area contributed by atoms with Gasteiger partial charge in [0.05, 0.1) is 0 Å². The predicted octanol–water partition coefficient (Wildman–Crippen LogP) is 0.435. The van der Waals surface area contributed by atoms with Crippen LogP contribution in [0.2, 0.25) is 13.1 Å². The molecule has 0 aliphatic rings. The van der Waals surface area contributed by atoms with Crippen molar-refractivity contribution >= 4 is 16.6 Å². The van der Waals surface area contributed by atoms with E-state index in [1.807, 2.05) is 13.1 Å². The molecule has 0 saturated heterocycles. The van der Waals surface area contributed by atoms with Crippen molar-refractivity contribution in [2.24, 2.45) is 0 Å². The first-order chi connectivity index (χ1) is 3.12. The molecule has 7 heavy (non-hydrogen) atoms. The summed E-state index contributed by atoms with van der Waals surface area (Å²) in [5.41, 5.74) is 0. The van der Waals surface area contributed by atoms with Gasteiger partial charge in [-0.1, -0.05) is 0 Å². The van der Waals surface area contributed by atoms with Gasteiger partial charge in [-0.05, 0) is 13.1 Å². The quantitative estimate of drug-likeness (QED) is 0.487. The van der Waals surface area contributed by atoms with Crippen LogP contribution in [0, 0.1) is 0 Å². The van der Waals surface area contributed by atoms with Crippen molar-refractivity contribution in [2.75, 3.05) is 7.11 Å². The highest BCUT2D eigenvalue weighted by Crippen LogP contribution is 1.99. The molecule has 0 N–H and O–H groups in total. The minimum atomic E-state index is -1.87. The third kappa shape index (κ3) is 2.85. The van der Waals surface area contributed by atoms with Crippen molar-refractivity contribution in [1.29, 1.82) is 0 Å². The first-order valence-electron chi connectivity index (χ1n) is 2.05. The Morgan fingerprint density at radius 1 is 1.43 bits per heavy atom. The minimum Gasteiger partial charge on any atom is -0.465 e. The fourth-order valence-electron chi connectivity index (χ4n) is 0.0481. The molecular weight excluding hydrogens is 107 g/mol. The molecule has 0 aliphatic carbocycles. The van der Waals surface area contributed by atoms with E-state index in [2.05, 4.69) is 4.34 Å². The Bertz CT molecular complexity index is 50.9. The van der Waals surface area contributed by atoms with E-state index in [0.717, 1.165) is 0 Å². The topological polar surface area (TPSA) is 18.5 Å². The van der Waals surface area contributed by atoms with Crippen LogP contribution in [0.5, 0.6) is 0 Å². The fraction of sp³-hybridized carbons (Fsp3) is 1.00. The Balaban J connectivity index is 3.36. The van der Waals surface area contributed by atoms with Gasteiger partial charge in [0, 0.05) is 7.11 Å². The number of hydrogen-bond donors (Lipinski definition) is 0. The maximum absolute atomic E-state index is 4.88. The van der Waals surface area contributed by atoms with Gasteiger partial charge < -0.3 is 8.77 Å². The van der Waals surface area contributed by atoms with Crippen molar-refractivity contribution in [3.8, 4) is 0 Å². The van der Waals surface area contributed by atoms with Gasteiger partial charge in [-0.2, -0.15) is 0 Å². The Morgan fingerprint density at radius 3 is 1.86 bits per heavy atom. The first-order valence-corrected chi connectivity index (χ1v) is 4.87. The summed E-state index contributed by atoms with van der Waals surface area (Å²) < 4.78 is 9.38. The number of hydrogen-bond acceptors (Lipinski definition) is 2. The van der Waals surface area contributed by atoms with Crippen LogP contribution in [-0.2, 0) is 8.77 Å². The normalized spacial score (nSPS) is 11.9. The van der Waals surface area contributed by atoms with Crippen molar-refractivity contribution in [1.82, 2.24) is 0 Å². The summed E-state index contributed by atoms with van der Waals surface area (Å²) in [7, 11) is 4.58. The van der Waals surface area contributed by atoms with Gasteiger partial charge in [0.15, 0.2) is 0 Å². The van der Waals surface area contributed by atoms with Gasteiger partial charge >= 0.3 is 8.56 Å². The zero-order valence-corrected chi connectivity index (χ0v) is 5.89. The molecule has 0 aliphatic heterocycles. The standard InChI is InChI=1S/C3H9BO2Si/c1-5-7(2,3)6-4/h1-3H3. The summed E-state index contributed by atoms with van der Waals surface area (Å²) in [5, 5.41) is 0. The lowest BCUT2D eigenvalue weighted by atomic mass is 10.6. The zero-order chi connectivity index (χ0) is 5.91. The second-order valence-electron chi connectivity index (χ2n) is 1.72. The summed E-state index contributed by atoms with van der Waals surface area (Å²) in [6.45, 7) is 3.74. The number of rotatable bonds is 2. The van der Waals surface area contributed by atoms with Crippen LogP contribution < -0.4 is 0 Å². The van der Waals surface area contributed by atoms with Crippen molar-refractivity contribution in [3.05, 3.63) is 0 Å². The highest BCUT2D eigenvalue weighted by Gasteiger charge is 2.18. The molecule has 0 bridgehead atoms. The van der Waals surface area contributed by atoms with Crippen LogP contribution in [0.15, 0.2) is 0 Å². The molecule has 0 heterocycles. The lowest BCUT2D eigenvalue weighted by molar-refractivity contribution is 0.324. The van der Waals surface area contributed by atoms with Gasteiger partial charge in [0.2, 0.25) is 0 Å². The third-order valence-electron chi connectivity index (χ3n) is 0.775. The Morgan fingerprint density at radius 2 is 1.86 bits per heavy atom. The molecule has 2 radical (unpaired) electrons. The average molecular weight is 116 g/mol. The minimum absolute atomic E-state index is 1.60. The van der Waals surface area contributed by atoms with Gasteiger partial charge in [0.25, 0.3) is 8.05 Å². The second kappa shape index (κ2) is 2.49. The van der Waals surface area contributed by atoms with Crippen LogP contribution in [0.25, 0.3) is 0 Å². The van der Waals surface area contributed by atoms with Gasteiger partial charge in [-0.3, -0.25) is 0 Å². The highest BCUT2D eigenvalue weighted by atomic mass is 28.4. The van der Waals surface area contributed by atoms with E-state index >= 15 is 0 Å². The molecule has 2 nitrogen and oxygen atoms in total. The molecule has 0 atom stereocenters. The molecule has 0 amide bonds. The summed E-state index contributed by atoms with van der Waals surface area (Å²) in [5.74, 6) is 0. The molecule has 0 unspecified atom stereocenters. The average Bonchev–Trinajstić information content (AvgIpc) is 1.68. The van der Waals surface area contributed by atoms with E-state index in [-0.39, 0.29) is 0 Å². The summed E-state index contributed by atoms with van der Waals surface area (Å²) in [4.78, 5) is 0. The Kier molecular flexibility index (Phi) is 2.57. The predicted molar refractivity (Wildman–Crippen MR) is 31.3 cm³/mol. The monoisotopic (exact) mass is 116 g/mol. The van der Waals surface area contributed by atoms with E-state index in [1.165, 1.54) is 0 Å². The molecule has 40 valence electrons. The first kappa shape index (κ1) is 7.20. The Hall–Kier alpha value is 0.202. The van der Waals surface area contributed by atoms with Gasteiger partial charge in [-0.25, -0.2) is 0 Å². The van der Waals surface area contributed by atoms with Crippen LogP contribution in [0.4, 0.5) is 0 Å². The molecule has 0 aromatic heterocycles. The summed E-state index contributed by atoms with van der Waals surface area (Å²) >= 11 is 0. The summed E-state index contributed by atoms with van der Waals surface area (Å²) in [6, 6.07) is 0. The fourth-order valence-corrected chi connectivity index (χ4v) is 0.144. The van der Waals surface area contributed by atoms with E-state index in [9.17, 15) is 0 Å². The van der Waals surface area contributed by atoms with Gasteiger partial charge in [0.1, 0.15) is 0 Å². The molecule has 0 spiro atoms. The maximum Gasteiger partial charge on any atom is 0.316 e. The third-order valence-corrected chi connectivity index (χ3v) is 2.33. The second-order valence-corrected chi connectivity index (χ2v) is 5.17. The molecule has 0 fully saturated rings. The van der Waals surface area contributed by atoms with E-state index < -0.39 is 8.56 Å². The van der Waals surface area contributed by atoms with E-state index in [0.29, 0.717) is 0 Å². The molecule has 0 rings (SSSR count). The van der Waals surface area contributed by atoms with Crippen LogP contribution >= 0.6 is 0 Å². The van der Waals surface area contributed by atoms with E-state index in [4.69, 9.17) is 12.5 Å². The molecule has 0 aromatic rings. The molecule has 4 heteroatoms. The van der Waals surface area contributed by atoms with Gasteiger partial charge in [-0.15, -0.1) is 0 Å². The zero-order valence-electron chi connectivity index (χ0n) is 4.89. The van der Waals surface area contributed by atoms with Crippen molar-refractivity contribution in [3.63, 3.8) is 0 Å². The van der Waals surface area contributed by atoms with E-state index in [1.54, 1.807) is 7.11 Å². The van der Waals surface area contributed by atoms with Crippen molar-refractivity contribution in [2.45, 2.75) is 13.1 Å². The molecular formula is C3H9BO2Si. The Labute approximate surface area is 46.5 Å². The lowest BCUT2D eigenvalue weighted by Crippen LogP contribution is -2.31. The highest BCUT2D eigenvalue weighted by molar-refractivity contribution is 6.67. The van der Waals surface area contributed by atoms with Crippen molar-refractivity contribution < 1.29 is 8.77 Å². The summed E-state index contributed by atoms with van der Waals surface area (Å²) in [6.07, 6.45) is 0. The maximum atomic E-state index is 4.88. The molecule has 0 saturated carbocycles. The largest absolute Gasteiger partial charge is 0.465 e. The van der Waals surface area contributed by atoms with Crippen LogP contribution in [0.3, 0.4) is 0 Å². The lowest BCUT2D eigenvalue weighted by Gasteiger charge is -2.16. The molecule has 0 aromatic carbocycles. The smallest absolute Gasteiger partial charge is 0.316 e.